The second kappa shape index (κ2) is 5.95. The van der Waals surface area contributed by atoms with Crippen LogP contribution in [0.3, 0.4) is 0 Å². The van der Waals surface area contributed by atoms with Crippen molar-refractivity contribution in [3.8, 4) is 0 Å². The van der Waals surface area contributed by atoms with E-state index < -0.39 is 11.4 Å². The fraction of sp³-hybridized carbons (Fsp3) is 0.467. The summed E-state index contributed by atoms with van der Waals surface area (Å²) in [5.74, 6) is -0.777. The molecule has 0 aliphatic carbocycles. The van der Waals surface area contributed by atoms with Gasteiger partial charge in [-0.15, -0.1) is 0 Å². The maximum Gasteiger partial charge on any atom is 0.309 e. The number of carbonyl (C=O) groups is 2. The highest BCUT2D eigenvalue weighted by molar-refractivity contribution is 9.10. The number of hydrogen-bond acceptors (Lipinski definition) is 2. The molecule has 0 saturated carbocycles. The molecule has 1 fully saturated rings. The fourth-order valence-corrected chi connectivity index (χ4v) is 3.12. The second-order valence-corrected chi connectivity index (χ2v) is 6.07. The third kappa shape index (κ3) is 2.73. The highest BCUT2D eigenvalue weighted by Gasteiger charge is 2.40. The molecule has 5 heteroatoms. The molecular weight excluding hydrogens is 322 g/mol. The highest BCUT2D eigenvalue weighted by atomic mass is 79.9. The number of carboxylic acids is 1. The van der Waals surface area contributed by atoms with Crippen molar-refractivity contribution in [3.63, 3.8) is 0 Å². The summed E-state index contributed by atoms with van der Waals surface area (Å²) < 4.78 is 0.774. The molecule has 1 aliphatic heterocycles. The van der Waals surface area contributed by atoms with E-state index in [9.17, 15) is 14.7 Å². The standard InChI is InChI=1S/C15H18BrNO3/c1-2-15(14(19)20)7-9-17(10-8-15)13(18)11-5-3-4-6-12(11)16/h3-6H,2,7-10H2,1H3,(H,19,20). The van der Waals surface area contributed by atoms with Crippen LogP contribution in [0.25, 0.3) is 0 Å². The van der Waals surface area contributed by atoms with Gasteiger partial charge in [0.1, 0.15) is 0 Å². The molecule has 0 unspecified atom stereocenters. The van der Waals surface area contributed by atoms with Crippen LogP contribution in [0.4, 0.5) is 0 Å². The summed E-state index contributed by atoms with van der Waals surface area (Å²) in [4.78, 5) is 25.6. The van der Waals surface area contributed by atoms with Gasteiger partial charge in [-0.05, 0) is 47.3 Å². The molecule has 0 radical (unpaired) electrons. The SMILES string of the molecule is CCC1(C(=O)O)CCN(C(=O)c2ccccc2Br)CC1. The predicted octanol–water partition coefficient (Wildman–Crippen LogP) is 3.17. The molecule has 0 aromatic heterocycles. The van der Waals surface area contributed by atoms with Crippen molar-refractivity contribution in [3.05, 3.63) is 34.3 Å². The van der Waals surface area contributed by atoms with Crippen LogP contribution in [0.15, 0.2) is 28.7 Å². The molecule has 108 valence electrons. The Morgan fingerprint density at radius 1 is 1.30 bits per heavy atom. The van der Waals surface area contributed by atoms with Crippen molar-refractivity contribution in [1.29, 1.82) is 0 Å². The number of likely N-dealkylation sites (tertiary alicyclic amines) is 1. The van der Waals surface area contributed by atoms with Gasteiger partial charge in [-0.1, -0.05) is 19.1 Å². The molecule has 1 aliphatic rings. The van der Waals surface area contributed by atoms with E-state index >= 15 is 0 Å². The normalized spacial score (nSPS) is 17.8. The van der Waals surface area contributed by atoms with Crippen molar-refractivity contribution in [2.75, 3.05) is 13.1 Å². The number of amides is 1. The number of carbonyl (C=O) groups excluding carboxylic acids is 1. The Balaban J connectivity index is 2.10. The number of hydrogen-bond donors (Lipinski definition) is 1. The lowest BCUT2D eigenvalue weighted by atomic mass is 9.76. The zero-order valence-corrected chi connectivity index (χ0v) is 13.0. The number of rotatable bonds is 3. The Bertz CT molecular complexity index is 522. The van der Waals surface area contributed by atoms with Crippen LogP contribution in [-0.2, 0) is 4.79 Å². The van der Waals surface area contributed by atoms with E-state index in [1.807, 2.05) is 25.1 Å². The summed E-state index contributed by atoms with van der Waals surface area (Å²) in [6, 6.07) is 7.31. The lowest BCUT2D eigenvalue weighted by Crippen LogP contribution is -2.46. The fourth-order valence-electron chi connectivity index (χ4n) is 2.66. The Kier molecular flexibility index (Phi) is 4.48. The van der Waals surface area contributed by atoms with Crippen LogP contribution in [0.2, 0.25) is 0 Å². The van der Waals surface area contributed by atoms with Gasteiger partial charge in [0.15, 0.2) is 0 Å². The summed E-state index contributed by atoms with van der Waals surface area (Å²) in [7, 11) is 0. The van der Waals surface area contributed by atoms with Crippen LogP contribution in [0, 0.1) is 5.41 Å². The van der Waals surface area contributed by atoms with Crippen molar-refractivity contribution in [1.82, 2.24) is 4.90 Å². The summed E-state index contributed by atoms with van der Waals surface area (Å²) in [5.41, 5.74) is -0.0307. The zero-order valence-electron chi connectivity index (χ0n) is 11.4. The summed E-state index contributed by atoms with van der Waals surface area (Å²) in [5, 5.41) is 9.36. The molecule has 4 nitrogen and oxygen atoms in total. The molecule has 0 spiro atoms. The van der Waals surface area contributed by atoms with Crippen molar-refractivity contribution < 1.29 is 14.7 Å². The second-order valence-electron chi connectivity index (χ2n) is 5.21. The van der Waals surface area contributed by atoms with Gasteiger partial charge in [-0.2, -0.15) is 0 Å². The average Bonchev–Trinajstić information content (AvgIpc) is 2.47. The van der Waals surface area contributed by atoms with Gasteiger partial charge >= 0.3 is 5.97 Å². The number of benzene rings is 1. The van der Waals surface area contributed by atoms with E-state index in [1.165, 1.54) is 0 Å². The number of piperidine rings is 1. The minimum absolute atomic E-state index is 0.0347. The van der Waals surface area contributed by atoms with E-state index in [-0.39, 0.29) is 5.91 Å². The lowest BCUT2D eigenvalue weighted by molar-refractivity contribution is -0.152. The molecular formula is C15H18BrNO3. The molecule has 20 heavy (non-hydrogen) atoms. The van der Waals surface area contributed by atoms with E-state index in [4.69, 9.17) is 0 Å². The first kappa shape index (κ1) is 15.0. The topological polar surface area (TPSA) is 57.6 Å². The Morgan fingerprint density at radius 3 is 2.40 bits per heavy atom. The van der Waals surface area contributed by atoms with Gasteiger partial charge < -0.3 is 10.0 Å². The van der Waals surface area contributed by atoms with E-state index in [0.717, 1.165) is 4.47 Å². The molecule has 1 N–H and O–H groups in total. The van der Waals surface area contributed by atoms with Crippen LogP contribution in [-0.4, -0.2) is 35.0 Å². The summed E-state index contributed by atoms with van der Waals surface area (Å²) in [6.45, 7) is 2.90. The third-order valence-electron chi connectivity index (χ3n) is 4.24. The van der Waals surface area contributed by atoms with Gasteiger partial charge in [0.25, 0.3) is 5.91 Å². The maximum atomic E-state index is 12.4. The molecule has 1 amide bonds. The maximum absolute atomic E-state index is 12.4. The first-order valence-electron chi connectivity index (χ1n) is 6.77. The minimum atomic E-state index is -0.743. The zero-order chi connectivity index (χ0) is 14.8. The Labute approximate surface area is 126 Å². The van der Waals surface area contributed by atoms with Crippen LogP contribution in [0.5, 0.6) is 0 Å². The number of carboxylic acid groups (broad SMARTS) is 1. The minimum Gasteiger partial charge on any atom is -0.481 e. The molecule has 1 aromatic carbocycles. The number of halogens is 1. The monoisotopic (exact) mass is 339 g/mol. The van der Waals surface area contributed by atoms with E-state index in [0.29, 0.717) is 37.9 Å². The predicted molar refractivity (Wildman–Crippen MR) is 79.6 cm³/mol. The van der Waals surface area contributed by atoms with E-state index in [1.54, 1.807) is 11.0 Å². The molecule has 0 bridgehead atoms. The van der Waals surface area contributed by atoms with Gasteiger partial charge in [0, 0.05) is 17.6 Å². The molecule has 1 aromatic rings. The average molecular weight is 340 g/mol. The molecule has 1 heterocycles. The smallest absolute Gasteiger partial charge is 0.309 e. The number of aliphatic carboxylic acids is 1. The summed E-state index contributed by atoms with van der Waals surface area (Å²) >= 11 is 3.38. The van der Waals surface area contributed by atoms with Crippen LogP contribution < -0.4 is 0 Å². The first-order valence-corrected chi connectivity index (χ1v) is 7.57. The number of nitrogens with zero attached hydrogens (tertiary/aromatic N) is 1. The van der Waals surface area contributed by atoms with Crippen molar-refractivity contribution >= 4 is 27.8 Å². The van der Waals surface area contributed by atoms with Crippen molar-refractivity contribution in [2.24, 2.45) is 5.41 Å². The molecule has 0 atom stereocenters. The van der Waals surface area contributed by atoms with Gasteiger partial charge in [-0.25, -0.2) is 0 Å². The highest BCUT2D eigenvalue weighted by Crippen LogP contribution is 2.35. The quantitative estimate of drug-likeness (QED) is 0.920. The first-order chi connectivity index (χ1) is 9.50. The van der Waals surface area contributed by atoms with E-state index in [2.05, 4.69) is 15.9 Å². The van der Waals surface area contributed by atoms with Crippen LogP contribution in [0.1, 0.15) is 36.5 Å². The summed E-state index contributed by atoms with van der Waals surface area (Å²) in [6.07, 6.45) is 1.66. The Hall–Kier alpha value is -1.36. The van der Waals surface area contributed by atoms with Gasteiger partial charge in [-0.3, -0.25) is 9.59 Å². The largest absolute Gasteiger partial charge is 0.481 e. The third-order valence-corrected chi connectivity index (χ3v) is 4.93. The van der Waals surface area contributed by atoms with Gasteiger partial charge in [0.2, 0.25) is 0 Å². The lowest BCUT2D eigenvalue weighted by Gasteiger charge is -2.38. The Morgan fingerprint density at radius 2 is 1.90 bits per heavy atom. The van der Waals surface area contributed by atoms with Gasteiger partial charge in [0.05, 0.1) is 11.0 Å². The molecule has 1 saturated heterocycles. The van der Waals surface area contributed by atoms with Crippen LogP contribution >= 0.6 is 15.9 Å². The molecule has 2 rings (SSSR count). The van der Waals surface area contributed by atoms with Crippen molar-refractivity contribution in [2.45, 2.75) is 26.2 Å².